The van der Waals surface area contributed by atoms with Gasteiger partial charge in [-0.25, -0.2) is 15.0 Å². The highest BCUT2D eigenvalue weighted by Gasteiger charge is 2.29. The number of carbonyl (C=O) groups excluding carboxylic acids is 1. The van der Waals surface area contributed by atoms with Crippen LogP contribution in [0.2, 0.25) is 0 Å². The van der Waals surface area contributed by atoms with Crippen LogP contribution in [0.3, 0.4) is 0 Å². The SMILES string of the molecule is Cc1cc(C)nc([C@@H]2CN(C(=O)c3sc(C)nc3C)CCO2)n1. The number of aromatic nitrogens is 3. The van der Waals surface area contributed by atoms with Crippen molar-refractivity contribution in [3.63, 3.8) is 0 Å². The van der Waals surface area contributed by atoms with Gasteiger partial charge in [-0.2, -0.15) is 0 Å². The van der Waals surface area contributed by atoms with Crippen LogP contribution in [0.1, 0.15) is 43.7 Å². The number of carbonyl (C=O) groups is 1. The van der Waals surface area contributed by atoms with E-state index < -0.39 is 0 Å². The Hall–Kier alpha value is -1.86. The zero-order chi connectivity index (χ0) is 16.6. The Kier molecular flexibility index (Phi) is 4.41. The molecule has 1 fully saturated rings. The number of morpholine rings is 1. The molecule has 1 amide bonds. The van der Waals surface area contributed by atoms with Crippen LogP contribution in [0.5, 0.6) is 0 Å². The third-order valence-corrected chi connectivity index (χ3v) is 4.80. The molecule has 0 N–H and O–H groups in total. The highest BCUT2D eigenvalue weighted by molar-refractivity contribution is 7.13. The lowest BCUT2D eigenvalue weighted by molar-refractivity contribution is -0.0268. The van der Waals surface area contributed by atoms with Crippen molar-refractivity contribution in [1.29, 1.82) is 0 Å². The monoisotopic (exact) mass is 332 g/mol. The lowest BCUT2D eigenvalue weighted by Crippen LogP contribution is -2.42. The number of nitrogens with zero attached hydrogens (tertiary/aromatic N) is 4. The molecule has 0 unspecified atom stereocenters. The zero-order valence-corrected chi connectivity index (χ0v) is 14.6. The van der Waals surface area contributed by atoms with E-state index in [2.05, 4.69) is 15.0 Å². The van der Waals surface area contributed by atoms with Gasteiger partial charge in [-0.3, -0.25) is 4.79 Å². The van der Waals surface area contributed by atoms with Crippen molar-refractivity contribution in [2.45, 2.75) is 33.8 Å². The van der Waals surface area contributed by atoms with E-state index in [0.29, 0.717) is 30.4 Å². The van der Waals surface area contributed by atoms with Gasteiger partial charge in [0, 0.05) is 17.9 Å². The van der Waals surface area contributed by atoms with Gasteiger partial charge in [0.25, 0.3) is 5.91 Å². The molecule has 1 aliphatic rings. The van der Waals surface area contributed by atoms with E-state index in [4.69, 9.17) is 4.74 Å². The number of hydrogen-bond donors (Lipinski definition) is 0. The molecule has 1 atom stereocenters. The second-order valence-electron chi connectivity index (χ2n) is 5.77. The van der Waals surface area contributed by atoms with Crippen LogP contribution >= 0.6 is 11.3 Å². The first kappa shape index (κ1) is 16.0. The molecular formula is C16H20N4O2S. The maximum Gasteiger partial charge on any atom is 0.266 e. The number of thiazole rings is 1. The van der Waals surface area contributed by atoms with Gasteiger partial charge in [-0.05, 0) is 33.8 Å². The van der Waals surface area contributed by atoms with Crippen molar-refractivity contribution < 1.29 is 9.53 Å². The first-order valence-electron chi connectivity index (χ1n) is 7.61. The predicted molar refractivity (Wildman–Crippen MR) is 87.7 cm³/mol. The van der Waals surface area contributed by atoms with E-state index in [-0.39, 0.29) is 12.0 Å². The van der Waals surface area contributed by atoms with Crippen LogP contribution in [-0.2, 0) is 4.74 Å². The van der Waals surface area contributed by atoms with Gasteiger partial charge in [0.05, 0.1) is 23.9 Å². The Morgan fingerprint density at radius 1 is 1.22 bits per heavy atom. The Morgan fingerprint density at radius 2 is 1.91 bits per heavy atom. The average molecular weight is 332 g/mol. The fraction of sp³-hybridized carbons (Fsp3) is 0.500. The maximum absolute atomic E-state index is 12.7. The van der Waals surface area contributed by atoms with E-state index in [1.54, 1.807) is 0 Å². The van der Waals surface area contributed by atoms with Crippen LogP contribution in [0, 0.1) is 27.7 Å². The highest BCUT2D eigenvalue weighted by Crippen LogP contribution is 2.24. The van der Waals surface area contributed by atoms with Crippen molar-refractivity contribution in [2.75, 3.05) is 19.7 Å². The van der Waals surface area contributed by atoms with Crippen molar-refractivity contribution in [2.24, 2.45) is 0 Å². The van der Waals surface area contributed by atoms with Gasteiger partial charge >= 0.3 is 0 Å². The molecule has 122 valence electrons. The summed E-state index contributed by atoms with van der Waals surface area (Å²) in [7, 11) is 0. The second-order valence-corrected chi connectivity index (χ2v) is 6.97. The molecule has 6 nitrogen and oxygen atoms in total. The van der Waals surface area contributed by atoms with Gasteiger partial charge in [0.1, 0.15) is 11.0 Å². The fourth-order valence-corrected chi connectivity index (χ4v) is 3.65. The standard InChI is InChI=1S/C16H20N4O2S/c1-9-7-10(2)18-15(17-9)13-8-20(5-6-22-13)16(21)14-11(3)19-12(4)23-14/h7,13H,5-6,8H2,1-4H3/t13-/m0/s1. The van der Waals surface area contributed by atoms with Crippen LogP contribution in [0.4, 0.5) is 0 Å². The fourth-order valence-electron chi connectivity index (χ4n) is 2.76. The molecule has 0 spiro atoms. The minimum atomic E-state index is -0.277. The van der Waals surface area contributed by atoms with Gasteiger partial charge < -0.3 is 9.64 Å². The number of aryl methyl sites for hydroxylation is 4. The Labute approximate surface area is 139 Å². The van der Waals surface area contributed by atoms with Crippen LogP contribution < -0.4 is 0 Å². The van der Waals surface area contributed by atoms with Gasteiger partial charge in [-0.15, -0.1) is 11.3 Å². The Bertz CT molecular complexity index is 723. The third-order valence-electron chi connectivity index (χ3n) is 3.74. The first-order valence-corrected chi connectivity index (χ1v) is 8.43. The van der Waals surface area contributed by atoms with E-state index in [9.17, 15) is 4.79 Å². The molecule has 1 saturated heterocycles. The lowest BCUT2D eigenvalue weighted by Gasteiger charge is -2.32. The maximum atomic E-state index is 12.7. The van der Waals surface area contributed by atoms with Crippen LogP contribution in [0.25, 0.3) is 0 Å². The number of hydrogen-bond acceptors (Lipinski definition) is 6. The smallest absolute Gasteiger partial charge is 0.266 e. The summed E-state index contributed by atoms with van der Waals surface area (Å²) in [5.74, 6) is 0.669. The minimum absolute atomic E-state index is 0.0192. The quantitative estimate of drug-likeness (QED) is 0.844. The van der Waals surface area contributed by atoms with Gasteiger partial charge in [0.15, 0.2) is 5.82 Å². The molecule has 2 aromatic heterocycles. The van der Waals surface area contributed by atoms with E-state index in [1.165, 1.54) is 11.3 Å². The van der Waals surface area contributed by atoms with Crippen molar-refractivity contribution in [3.05, 3.63) is 38.9 Å². The molecule has 0 saturated carbocycles. The Balaban J connectivity index is 1.80. The Morgan fingerprint density at radius 3 is 2.52 bits per heavy atom. The summed E-state index contributed by atoms with van der Waals surface area (Å²) >= 11 is 1.44. The second kappa shape index (κ2) is 6.33. The van der Waals surface area contributed by atoms with Crippen molar-refractivity contribution >= 4 is 17.2 Å². The summed E-state index contributed by atoms with van der Waals surface area (Å²) < 4.78 is 5.79. The van der Waals surface area contributed by atoms with Crippen LogP contribution in [-0.4, -0.2) is 45.5 Å². The van der Waals surface area contributed by atoms with Gasteiger partial charge in [-0.1, -0.05) is 0 Å². The van der Waals surface area contributed by atoms with E-state index in [1.807, 2.05) is 38.7 Å². The number of rotatable bonds is 2. The van der Waals surface area contributed by atoms with Crippen LogP contribution in [0.15, 0.2) is 6.07 Å². The number of amides is 1. The molecule has 0 bridgehead atoms. The molecule has 0 radical (unpaired) electrons. The molecule has 23 heavy (non-hydrogen) atoms. The molecule has 7 heteroatoms. The summed E-state index contributed by atoms with van der Waals surface area (Å²) in [5.41, 5.74) is 2.62. The molecule has 3 rings (SSSR count). The lowest BCUT2D eigenvalue weighted by atomic mass is 10.2. The summed E-state index contributed by atoms with van der Waals surface area (Å²) in [4.78, 5) is 28.5. The van der Waals surface area contributed by atoms with Gasteiger partial charge in [0.2, 0.25) is 0 Å². The average Bonchev–Trinajstić information content (AvgIpc) is 2.84. The normalized spacial score (nSPS) is 18.3. The molecular weight excluding hydrogens is 312 g/mol. The van der Waals surface area contributed by atoms with Crippen molar-refractivity contribution in [1.82, 2.24) is 19.9 Å². The zero-order valence-electron chi connectivity index (χ0n) is 13.8. The summed E-state index contributed by atoms with van der Waals surface area (Å²) in [5, 5.41) is 0.910. The largest absolute Gasteiger partial charge is 0.367 e. The molecule has 1 aliphatic heterocycles. The minimum Gasteiger partial charge on any atom is -0.367 e. The van der Waals surface area contributed by atoms with Crippen molar-refractivity contribution in [3.8, 4) is 0 Å². The topological polar surface area (TPSA) is 68.2 Å². The van der Waals surface area contributed by atoms with E-state index in [0.717, 1.165) is 22.1 Å². The van der Waals surface area contributed by atoms with E-state index >= 15 is 0 Å². The predicted octanol–water partition coefficient (Wildman–Crippen LogP) is 2.38. The molecule has 0 aromatic carbocycles. The molecule has 2 aromatic rings. The third kappa shape index (κ3) is 3.40. The summed E-state index contributed by atoms with van der Waals surface area (Å²) in [6.07, 6.45) is -0.277. The first-order chi connectivity index (χ1) is 10.9. The molecule has 0 aliphatic carbocycles. The molecule has 3 heterocycles. The number of ether oxygens (including phenoxy) is 1. The summed E-state index contributed by atoms with van der Waals surface area (Å²) in [6.45, 7) is 9.21. The summed E-state index contributed by atoms with van der Waals surface area (Å²) in [6, 6.07) is 1.93. The highest BCUT2D eigenvalue weighted by atomic mass is 32.1.